The fourth-order valence-corrected chi connectivity index (χ4v) is 4.04. The standard InChI is InChI=1S/C15H23NO5S/c1-11-9-13(19-3)10-12(2)15(11)22(17,18)16-6-5-14-20-7-4-8-21-14/h9-10,14,16H,4-8H2,1-3H3. The summed E-state index contributed by atoms with van der Waals surface area (Å²) in [6.45, 7) is 5.12. The highest BCUT2D eigenvalue weighted by Gasteiger charge is 2.21. The summed E-state index contributed by atoms with van der Waals surface area (Å²) >= 11 is 0. The van der Waals surface area contributed by atoms with E-state index in [1.807, 2.05) is 0 Å². The maximum atomic E-state index is 12.5. The van der Waals surface area contributed by atoms with Crippen LogP contribution in [0.25, 0.3) is 0 Å². The molecule has 1 aliphatic heterocycles. The molecule has 0 amide bonds. The van der Waals surface area contributed by atoms with Crippen molar-refractivity contribution in [3.05, 3.63) is 23.3 Å². The van der Waals surface area contributed by atoms with Crippen molar-refractivity contribution in [2.45, 2.75) is 37.9 Å². The van der Waals surface area contributed by atoms with E-state index in [9.17, 15) is 8.42 Å². The molecule has 2 rings (SSSR count). The van der Waals surface area contributed by atoms with E-state index in [0.29, 0.717) is 41.4 Å². The van der Waals surface area contributed by atoms with Crippen molar-refractivity contribution in [3.63, 3.8) is 0 Å². The van der Waals surface area contributed by atoms with Gasteiger partial charge in [-0.2, -0.15) is 0 Å². The Morgan fingerprint density at radius 1 is 1.23 bits per heavy atom. The number of aryl methyl sites for hydroxylation is 2. The second kappa shape index (κ2) is 7.41. The number of methoxy groups -OCH3 is 1. The maximum absolute atomic E-state index is 12.5. The summed E-state index contributed by atoms with van der Waals surface area (Å²) in [5.74, 6) is 0.651. The first-order valence-electron chi connectivity index (χ1n) is 7.32. The molecule has 1 aromatic carbocycles. The van der Waals surface area contributed by atoms with Crippen LogP contribution in [-0.4, -0.2) is 41.6 Å². The third-order valence-electron chi connectivity index (χ3n) is 3.51. The van der Waals surface area contributed by atoms with Crippen LogP contribution in [0.4, 0.5) is 0 Å². The molecule has 0 saturated carbocycles. The highest BCUT2D eigenvalue weighted by Crippen LogP contribution is 2.25. The molecule has 1 fully saturated rings. The van der Waals surface area contributed by atoms with Crippen molar-refractivity contribution in [1.82, 2.24) is 4.72 Å². The van der Waals surface area contributed by atoms with Crippen molar-refractivity contribution < 1.29 is 22.6 Å². The summed E-state index contributed by atoms with van der Waals surface area (Å²) in [6, 6.07) is 3.43. The Bertz CT molecular complexity index is 585. The van der Waals surface area contributed by atoms with Crippen LogP contribution in [0, 0.1) is 13.8 Å². The lowest BCUT2D eigenvalue weighted by molar-refractivity contribution is -0.180. The van der Waals surface area contributed by atoms with Crippen LogP contribution in [0.1, 0.15) is 24.0 Å². The Morgan fingerprint density at radius 2 is 1.82 bits per heavy atom. The molecule has 7 heteroatoms. The number of sulfonamides is 1. The Labute approximate surface area is 131 Å². The summed E-state index contributed by atoms with van der Waals surface area (Å²) in [6.07, 6.45) is 1.05. The van der Waals surface area contributed by atoms with Gasteiger partial charge >= 0.3 is 0 Å². The Balaban J connectivity index is 2.03. The van der Waals surface area contributed by atoms with Gasteiger partial charge in [-0.3, -0.25) is 0 Å². The zero-order valence-electron chi connectivity index (χ0n) is 13.2. The fraction of sp³-hybridized carbons (Fsp3) is 0.600. The smallest absolute Gasteiger partial charge is 0.241 e. The molecule has 0 atom stereocenters. The average molecular weight is 329 g/mol. The first-order valence-corrected chi connectivity index (χ1v) is 8.80. The highest BCUT2D eigenvalue weighted by molar-refractivity contribution is 7.89. The Morgan fingerprint density at radius 3 is 2.36 bits per heavy atom. The molecule has 1 saturated heterocycles. The number of ether oxygens (including phenoxy) is 3. The van der Waals surface area contributed by atoms with E-state index in [4.69, 9.17) is 14.2 Å². The van der Waals surface area contributed by atoms with E-state index in [0.717, 1.165) is 6.42 Å². The molecular weight excluding hydrogens is 306 g/mol. The van der Waals surface area contributed by atoms with Gasteiger partial charge in [0.2, 0.25) is 10.0 Å². The summed E-state index contributed by atoms with van der Waals surface area (Å²) in [7, 11) is -2.00. The minimum absolute atomic E-state index is 0.276. The van der Waals surface area contributed by atoms with Gasteiger partial charge in [-0.05, 0) is 43.5 Å². The first kappa shape index (κ1) is 17.2. The monoisotopic (exact) mass is 329 g/mol. The van der Waals surface area contributed by atoms with Crippen molar-refractivity contribution in [2.24, 2.45) is 0 Å². The van der Waals surface area contributed by atoms with Crippen LogP contribution in [-0.2, 0) is 19.5 Å². The van der Waals surface area contributed by atoms with Crippen molar-refractivity contribution in [2.75, 3.05) is 26.9 Å². The van der Waals surface area contributed by atoms with E-state index < -0.39 is 10.0 Å². The number of hydrogen-bond acceptors (Lipinski definition) is 5. The lowest BCUT2D eigenvalue weighted by Crippen LogP contribution is -2.32. The molecule has 124 valence electrons. The molecule has 22 heavy (non-hydrogen) atoms. The van der Waals surface area contributed by atoms with E-state index in [1.165, 1.54) is 0 Å². The molecule has 0 radical (unpaired) electrons. The minimum Gasteiger partial charge on any atom is -0.497 e. The van der Waals surface area contributed by atoms with Crippen LogP contribution < -0.4 is 9.46 Å². The average Bonchev–Trinajstić information content (AvgIpc) is 2.47. The number of nitrogens with one attached hydrogen (secondary N) is 1. The summed E-state index contributed by atoms with van der Waals surface area (Å²) < 4.78 is 43.5. The SMILES string of the molecule is COc1cc(C)c(S(=O)(=O)NCCC2OCCCO2)c(C)c1. The predicted octanol–water partition coefficient (Wildman–Crippen LogP) is 1.74. The van der Waals surface area contributed by atoms with Crippen LogP contribution in [0.5, 0.6) is 5.75 Å². The van der Waals surface area contributed by atoms with Gasteiger partial charge in [0.15, 0.2) is 6.29 Å². The quantitative estimate of drug-likeness (QED) is 0.860. The van der Waals surface area contributed by atoms with Gasteiger partial charge in [-0.25, -0.2) is 13.1 Å². The summed E-state index contributed by atoms with van der Waals surface area (Å²) in [5.41, 5.74) is 1.32. The Hall–Kier alpha value is -1.15. The van der Waals surface area contributed by atoms with E-state index in [1.54, 1.807) is 33.1 Å². The Kier molecular flexibility index (Phi) is 5.80. The normalized spacial score (nSPS) is 16.7. The van der Waals surface area contributed by atoms with Gasteiger partial charge in [0.1, 0.15) is 5.75 Å². The van der Waals surface area contributed by atoms with Crippen molar-refractivity contribution in [1.29, 1.82) is 0 Å². The largest absolute Gasteiger partial charge is 0.497 e. The zero-order chi connectivity index (χ0) is 16.2. The molecule has 0 aromatic heterocycles. The highest BCUT2D eigenvalue weighted by atomic mass is 32.2. The lowest BCUT2D eigenvalue weighted by atomic mass is 10.1. The van der Waals surface area contributed by atoms with E-state index >= 15 is 0 Å². The molecule has 0 bridgehead atoms. The van der Waals surface area contributed by atoms with E-state index in [-0.39, 0.29) is 12.8 Å². The minimum atomic E-state index is -3.56. The number of hydrogen-bond donors (Lipinski definition) is 1. The fourth-order valence-electron chi connectivity index (χ4n) is 2.54. The topological polar surface area (TPSA) is 73.9 Å². The zero-order valence-corrected chi connectivity index (χ0v) is 14.0. The molecule has 0 spiro atoms. The van der Waals surface area contributed by atoms with Gasteiger partial charge in [0.25, 0.3) is 0 Å². The van der Waals surface area contributed by atoms with E-state index in [2.05, 4.69) is 4.72 Å². The predicted molar refractivity (Wildman–Crippen MR) is 82.6 cm³/mol. The first-order chi connectivity index (χ1) is 10.4. The van der Waals surface area contributed by atoms with Crippen LogP contribution in [0.2, 0.25) is 0 Å². The molecule has 0 unspecified atom stereocenters. The second-order valence-electron chi connectivity index (χ2n) is 5.30. The third kappa shape index (κ3) is 4.19. The third-order valence-corrected chi connectivity index (χ3v) is 5.27. The number of rotatable bonds is 6. The lowest BCUT2D eigenvalue weighted by Gasteiger charge is -2.23. The maximum Gasteiger partial charge on any atom is 0.241 e. The molecule has 1 aliphatic rings. The van der Waals surface area contributed by atoms with Crippen molar-refractivity contribution >= 4 is 10.0 Å². The van der Waals surface area contributed by atoms with Gasteiger partial charge in [0, 0.05) is 13.0 Å². The molecule has 1 aromatic rings. The van der Waals surface area contributed by atoms with Crippen LogP contribution >= 0.6 is 0 Å². The van der Waals surface area contributed by atoms with Gasteiger partial charge in [-0.1, -0.05) is 0 Å². The van der Waals surface area contributed by atoms with Gasteiger partial charge < -0.3 is 14.2 Å². The van der Waals surface area contributed by atoms with Crippen molar-refractivity contribution in [3.8, 4) is 5.75 Å². The van der Waals surface area contributed by atoms with Crippen LogP contribution in [0.3, 0.4) is 0 Å². The summed E-state index contributed by atoms with van der Waals surface area (Å²) in [4.78, 5) is 0.304. The molecule has 0 aliphatic carbocycles. The van der Waals surface area contributed by atoms with Gasteiger partial charge in [-0.15, -0.1) is 0 Å². The van der Waals surface area contributed by atoms with Gasteiger partial charge in [0.05, 0.1) is 25.2 Å². The molecule has 6 nitrogen and oxygen atoms in total. The molecule has 1 heterocycles. The van der Waals surface area contributed by atoms with Crippen LogP contribution in [0.15, 0.2) is 17.0 Å². The molecular formula is C15H23NO5S. The second-order valence-corrected chi connectivity index (χ2v) is 7.01. The number of benzene rings is 1. The molecule has 1 N–H and O–H groups in total. The summed E-state index contributed by atoms with van der Waals surface area (Å²) in [5, 5.41) is 0.